The van der Waals surface area contributed by atoms with E-state index in [0.29, 0.717) is 12.8 Å². The van der Waals surface area contributed by atoms with Crippen molar-refractivity contribution in [1.82, 2.24) is 0 Å². The standard InChI is InChI=1S/C14H26O2/c1-6-7-8-9-13(16)14(4,5)10-12(15)11(2)3/h11H,6-10H2,1-5H3. The summed E-state index contributed by atoms with van der Waals surface area (Å²) >= 11 is 0. The van der Waals surface area contributed by atoms with Crippen LogP contribution in [0.4, 0.5) is 0 Å². The summed E-state index contributed by atoms with van der Waals surface area (Å²) in [4.78, 5) is 23.6. The van der Waals surface area contributed by atoms with Crippen molar-refractivity contribution < 1.29 is 9.59 Å². The van der Waals surface area contributed by atoms with E-state index >= 15 is 0 Å². The van der Waals surface area contributed by atoms with Crippen LogP contribution in [0, 0.1) is 11.3 Å². The van der Waals surface area contributed by atoms with Crippen LogP contribution in [0.15, 0.2) is 0 Å². The maximum atomic E-state index is 11.9. The Hall–Kier alpha value is -0.660. The molecule has 0 aliphatic carbocycles. The molecule has 16 heavy (non-hydrogen) atoms. The van der Waals surface area contributed by atoms with Gasteiger partial charge in [0, 0.05) is 24.2 Å². The zero-order valence-corrected chi connectivity index (χ0v) is 11.4. The predicted octanol–water partition coefficient (Wildman–Crippen LogP) is 3.78. The first kappa shape index (κ1) is 15.3. The molecule has 0 aliphatic heterocycles. The molecule has 2 heteroatoms. The number of Topliss-reactive ketones (excluding diaryl/α,β-unsaturated/α-hetero) is 2. The molecular weight excluding hydrogens is 200 g/mol. The zero-order valence-electron chi connectivity index (χ0n) is 11.4. The summed E-state index contributed by atoms with van der Waals surface area (Å²) in [5.41, 5.74) is -0.477. The third-order valence-electron chi connectivity index (χ3n) is 3.02. The Labute approximate surface area is 99.8 Å². The molecule has 0 radical (unpaired) electrons. The first-order valence-electron chi connectivity index (χ1n) is 6.37. The molecule has 0 bridgehead atoms. The highest BCUT2D eigenvalue weighted by molar-refractivity contribution is 5.91. The molecule has 2 nitrogen and oxygen atoms in total. The van der Waals surface area contributed by atoms with Crippen molar-refractivity contribution in [3.63, 3.8) is 0 Å². The molecule has 0 fully saturated rings. The van der Waals surface area contributed by atoms with E-state index < -0.39 is 5.41 Å². The van der Waals surface area contributed by atoms with Crippen molar-refractivity contribution in [2.24, 2.45) is 11.3 Å². The van der Waals surface area contributed by atoms with E-state index in [0.717, 1.165) is 19.3 Å². The molecule has 0 aromatic carbocycles. The Kier molecular flexibility index (Phi) is 6.54. The Morgan fingerprint density at radius 2 is 1.69 bits per heavy atom. The summed E-state index contributed by atoms with van der Waals surface area (Å²) in [6, 6.07) is 0. The van der Waals surface area contributed by atoms with Crippen LogP contribution in [0.3, 0.4) is 0 Å². The minimum absolute atomic E-state index is 0.0303. The minimum atomic E-state index is -0.477. The molecule has 0 unspecified atom stereocenters. The van der Waals surface area contributed by atoms with Crippen LogP contribution in [0.2, 0.25) is 0 Å². The van der Waals surface area contributed by atoms with Crippen molar-refractivity contribution >= 4 is 11.6 Å². The van der Waals surface area contributed by atoms with Crippen molar-refractivity contribution in [3.05, 3.63) is 0 Å². The van der Waals surface area contributed by atoms with Gasteiger partial charge in [-0.25, -0.2) is 0 Å². The van der Waals surface area contributed by atoms with Crippen LogP contribution >= 0.6 is 0 Å². The Bertz CT molecular complexity index is 239. The van der Waals surface area contributed by atoms with Gasteiger partial charge in [-0.1, -0.05) is 47.5 Å². The van der Waals surface area contributed by atoms with Crippen molar-refractivity contribution in [1.29, 1.82) is 0 Å². The number of rotatable bonds is 8. The Morgan fingerprint density at radius 3 is 2.12 bits per heavy atom. The molecule has 94 valence electrons. The first-order chi connectivity index (χ1) is 7.31. The van der Waals surface area contributed by atoms with E-state index in [1.807, 2.05) is 27.7 Å². The summed E-state index contributed by atoms with van der Waals surface area (Å²) in [7, 11) is 0. The average Bonchev–Trinajstić information content (AvgIpc) is 2.17. The summed E-state index contributed by atoms with van der Waals surface area (Å²) in [6.45, 7) is 9.68. The molecule has 0 atom stereocenters. The molecule has 0 saturated carbocycles. The summed E-state index contributed by atoms with van der Waals surface area (Å²) in [5.74, 6) is 0.450. The zero-order chi connectivity index (χ0) is 12.8. The van der Waals surface area contributed by atoms with Gasteiger partial charge in [0.05, 0.1) is 0 Å². The molecule has 0 aliphatic rings. The second-order valence-corrected chi connectivity index (χ2v) is 5.56. The number of hydrogen-bond donors (Lipinski definition) is 0. The van der Waals surface area contributed by atoms with Gasteiger partial charge < -0.3 is 0 Å². The molecule has 0 N–H and O–H groups in total. The SMILES string of the molecule is CCCCCC(=O)C(C)(C)CC(=O)C(C)C. The summed E-state index contributed by atoms with van der Waals surface area (Å²) in [6.07, 6.45) is 4.18. The van der Waals surface area contributed by atoms with Crippen LogP contribution in [0.5, 0.6) is 0 Å². The maximum Gasteiger partial charge on any atom is 0.138 e. The van der Waals surface area contributed by atoms with Crippen LogP contribution in [-0.4, -0.2) is 11.6 Å². The lowest BCUT2D eigenvalue weighted by atomic mass is 9.79. The lowest BCUT2D eigenvalue weighted by Crippen LogP contribution is -2.28. The van der Waals surface area contributed by atoms with E-state index in [1.54, 1.807) is 0 Å². The normalized spacial score (nSPS) is 11.9. The highest BCUT2D eigenvalue weighted by atomic mass is 16.1. The highest BCUT2D eigenvalue weighted by Gasteiger charge is 2.30. The maximum absolute atomic E-state index is 11.9. The van der Waals surface area contributed by atoms with Gasteiger partial charge in [-0.15, -0.1) is 0 Å². The number of hydrogen-bond acceptors (Lipinski definition) is 2. The van der Waals surface area contributed by atoms with E-state index in [9.17, 15) is 9.59 Å². The minimum Gasteiger partial charge on any atom is -0.299 e. The summed E-state index contributed by atoms with van der Waals surface area (Å²) in [5, 5.41) is 0. The van der Waals surface area contributed by atoms with Gasteiger partial charge in [-0.2, -0.15) is 0 Å². The van der Waals surface area contributed by atoms with Gasteiger partial charge in [0.2, 0.25) is 0 Å². The number of carbonyl (C=O) groups excluding carboxylic acids is 2. The Morgan fingerprint density at radius 1 is 1.12 bits per heavy atom. The van der Waals surface area contributed by atoms with Crippen molar-refractivity contribution in [3.8, 4) is 0 Å². The largest absolute Gasteiger partial charge is 0.299 e. The second kappa shape index (κ2) is 6.82. The first-order valence-corrected chi connectivity index (χ1v) is 6.37. The number of carbonyl (C=O) groups is 2. The van der Waals surface area contributed by atoms with Crippen molar-refractivity contribution in [2.45, 2.75) is 66.7 Å². The van der Waals surface area contributed by atoms with E-state index in [-0.39, 0.29) is 17.5 Å². The number of unbranched alkanes of at least 4 members (excludes halogenated alkanes) is 2. The molecule has 0 saturated heterocycles. The predicted molar refractivity (Wildman–Crippen MR) is 67.4 cm³/mol. The van der Waals surface area contributed by atoms with Gasteiger partial charge >= 0.3 is 0 Å². The molecular formula is C14H26O2. The highest BCUT2D eigenvalue weighted by Crippen LogP contribution is 2.26. The lowest BCUT2D eigenvalue weighted by Gasteiger charge is -2.23. The van der Waals surface area contributed by atoms with E-state index in [4.69, 9.17) is 0 Å². The molecule has 0 spiro atoms. The molecule has 0 rings (SSSR count). The topological polar surface area (TPSA) is 34.1 Å². The van der Waals surface area contributed by atoms with E-state index in [1.165, 1.54) is 0 Å². The van der Waals surface area contributed by atoms with Gasteiger partial charge in [0.1, 0.15) is 11.6 Å². The van der Waals surface area contributed by atoms with Crippen molar-refractivity contribution in [2.75, 3.05) is 0 Å². The third kappa shape index (κ3) is 5.43. The molecule has 0 aromatic heterocycles. The average molecular weight is 226 g/mol. The smallest absolute Gasteiger partial charge is 0.138 e. The fourth-order valence-electron chi connectivity index (χ4n) is 1.61. The van der Waals surface area contributed by atoms with E-state index in [2.05, 4.69) is 6.92 Å². The monoisotopic (exact) mass is 226 g/mol. The van der Waals surface area contributed by atoms with Crippen LogP contribution in [-0.2, 0) is 9.59 Å². The summed E-state index contributed by atoms with van der Waals surface area (Å²) < 4.78 is 0. The molecule has 0 aromatic rings. The molecule has 0 heterocycles. The van der Waals surface area contributed by atoms with Crippen LogP contribution < -0.4 is 0 Å². The van der Waals surface area contributed by atoms with Crippen LogP contribution in [0.1, 0.15) is 66.7 Å². The van der Waals surface area contributed by atoms with Gasteiger partial charge in [-0.05, 0) is 6.42 Å². The van der Waals surface area contributed by atoms with Gasteiger partial charge in [0.15, 0.2) is 0 Å². The quantitative estimate of drug-likeness (QED) is 0.590. The third-order valence-corrected chi connectivity index (χ3v) is 3.02. The van der Waals surface area contributed by atoms with Gasteiger partial charge in [-0.3, -0.25) is 9.59 Å². The lowest BCUT2D eigenvalue weighted by molar-refractivity contribution is -0.133. The fraction of sp³-hybridized carbons (Fsp3) is 0.857. The van der Waals surface area contributed by atoms with Crippen LogP contribution in [0.25, 0.3) is 0 Å². The fourth-order valence-corrected chi connectivity index (χ4v) is 1.61. The molecule has 0 amide bonds. The second-order valence-electron chi connectivity index (χ2n) is 5.56. The van der Waals surface area contributed by atoms with Gasteiger partial charge in [0.25, 0.3) is 0 Å². The Balaban J connectivity index is 4.20. The number of ketones is 2.